The van der Waals surface area contributed by atoms with Gasteiger partial charge >= 0.3 is 0 Å². The number of hydrogen-bond acceptors (Lipinski definition) is 4. The van der Waals surface area contributed by atoms with Crippen LogP contribution in [0.25, 0.3) is 0 Å². The van der Waals surface area contributed by atoms with Crippen LogP contribution in [0.4, 0.5) is 5.88 Å². The van der Waals surface area contributed by atoms with Crippen LogP contribution >= 0.6 is 11.3 Å². The Balaban J connectivity index is 1.89. The lowest BCUT2D eigenvalue weighted by Crippen LogP contribution is -1.95. The van der Waals surface area contributed by atoms with Gasteiger partial charge in [0, 0.05) is 10.4 Å². The summed E-state index contributed by atoms with van der Waals surface area (Å²) in [5.41, 5.74) is 7.79. The number of aryl methyl sites for hydroxylation is 2. The van der Waals surface area contributed by atoms with E-state index >= 15 is 0 Å². The largest absolute Gasteiger partial charge is 0.367 e. The molecule has 86 valence electrons. The van der Waals surface area contributed by atoms with Crippen LogP contribution in [0.5, 0.6) is 0 Å². The molecule has 0 aromatic carbocycles. The van der Waals surface area contributed by atoms with Crippen LogP contribution in [0.1, 0.15) is 29.5 Å². The highest BCUT2D eigenvalue weighted by Crippen LogP contribution is 2.19. The number of nitrogen functional groups attached to an aromatic ring is 1. The fourth-order valence-electron chi connectivity index (χ4n) is 1.82. The van der Waals surface area contributed by atoms with Crippen LogP contribution in [0.15, 0.2) is 22.0 Å². The van der Waals surface area contributed by atoms with Gasteiger partial charge in [0.15, 0.2) is 0 Å². The summed E-state index contributed by atoms with van der Waals surface area (Å²) in [7, 11) is 0. The third-order valence-electron chi connectivity index (χ3n) is 2.67. The van der Waals surface area contributed by atoms with Gasteiger partial charge in [0.25, 0.3) is 0 Å². The number of nitrogens with two attached hydrogens (primary N) is 1. The predicted molar refractivity (Wildman–Crippen MR) is 66.6 cm³/mol. The number of anilines is 1. The zero-order valence-electron chi connectivity index (χ0n) is 9.40. The van der Waals surface area contributed by atoms with E-state index < -0.39 is 0 Å². The molecule has 2 heterocycles. The summed E-state index contributed by atoms with van der Waals surface area (Å²) >= 11 is 1.80. The van der Waals surface area contributed by atoms with Gasteiger partial charge in [0.1, 0.15) is 0 Å². The van der Waals surface area contributed by atoms with Gasteiger partial charge in [-0.15, -0.1) is 11.3 Å². The number of thiophene rings is 1. The van der Waals surface area contributed by atoms with E-state index in [0.717, 1.165) is 36.9 Å². The second-order valence-corrected chi connectivity index (χ2v) is 4.79. The van der Waals surface area contributed by atoms with Gasteiger partial charge in [-0.1, -0.05) is 18.1 Å². The Morgan fingerprint density at radius 2 is 2.31 bits per heavy atom. The van der Waals surface area contributed by atoms with Gasteiger partial charge < -0.3 is 10.3 Å². The number of nitrogens with zero attached hydrogens (tertiary/aromatic N) is 1. The Morgan fingerprint density at radius 3 is 3.00 bits per heavy atom. The van der Waals surface area contributed by atoms with Crippen LogP contribution in [0.2, 0.25) is 0 Å². The summed E-state index contributed by atoms with van der Waals surface area (Å²) in [5.74, 6) is 0.480. The first-order chi connectivity index (χ1) is 7.81. The van der Waals surface area contributed by atoms with Crippen LogP contribution < -0.4 is 5.73 Å². The lowest BCUT2D eigenvalue weighted by molar-refractivity contribution is 0.426. The smallest absolute Gasteiger partial charge is 0.225 e. The van der Waals surface area contributed by atoms with E-state index in [0.29, 0.717) is 5.88 Å². The summed E-state index contributed by atoms with van der Waals surface area (Å²) < 4.78 is 5.00. The maximum atomic E-state index is 5.69. The monoisotopic (exact) mass is 236 g/mol. The van der Waals surface area contributed by atoms with Gasteiger partial charge in [0.05, 0.1) is 5.69 Å². The van der Waals surface area contributed by atoms with E-state index in [2.05, 4.69) is 29.6 Å². The van der Waals surface area contributed by atoms with Crippen LogP contribution in [0, 0.1) is 0 Å². The number of rotatable bonds is 5. The SMILES string of the molecule is CCc1c(CCCc2cccs2)noc1N. The quantitative estimate of drug-likeness (QED) is 0.868. The second kappa shape index (κ2) is 5.16. The third kappa shape index (κ3) is 2.44. The van der Waals surface area contributed by atoms with Crippen molar-refractivity contribution >= 4 is 17.2 Å². The van der Waals surface area contributed by atoms with Crippen LogP contribution in [-0.2, 0) is 19.3 Å². The van der Waals surface area contributed by atoms with E-state index in [4.69, 9.17) is 10.3 Å². The average Bonchev–Trinajstić information content (AvgIpc) is 2.89. The minimum absolute atomic E-state index is 0.480. The molecular formula is C12H16N2OS. The van der Waals surface area contributed by atoms with Crippen molar-refractivity contribution in [1.82, 2.24) is 5.16 Å². The predicted octanol–water partition coefficient (Wildman–Crippen LogP) is 3.06. The average molecular weight is 236 g/mol. The Labute approximate surface area is 99.3 Å². The van der Waals surface area contributed by atoms with E-state index in [1.54, 1.807) is 11.3 Å². The topological polar surface area (TPSA) is 52.0 Å². The van der Waals surface area contributed by atoms with Crippen molar-refractivity contribution in [2.24, 2.45) is 0 Å². The zero-order valence-corrected chi connectivity index (χ0v) is 10.2. The van der Waals surface area contributed by atoms with E-state index in [1.807, 2.05) is 0 Å². The van der Waals surface area contributed by atoms with E-state index in [-0.39, 0.29) is 0 Å². The van der Waals surface area contributed by atoms with Crippen molar-refractivity contribution in [2.45, 2.75) is 32.6 Å². The number of hydrogen-bond donors (Lipinski definition) is 1. The molecule has 0 amide bonds. The maximum absolute atomic E-state index is 5.69. The molecule has 0 atom stereocenters. The highest BCUT2D eigenvalue weighted by molar-refractivity contribution is 7.09. The first kappa shape index (κ1) is 11.2. The lowest BCUT2D eigenvalue weighted by Gasteiger charge is -1.98. The minimum atomic E-state index is 0.480. The van der Waals surface area contributed by atoms with Gasteiger partial charge in [-0.3, -0.25) is 0 Å². The summed E-state index contributed by atoms with van der Waals surface area (Å²) in [5, 5.41) is 6.12. The Hall–Kier alpha value is -1.29. The van der Waals surface area contributed by atoms with Crippen molar-refractivity contribution in [1.29, 1.82) is 0 Å². The Kier molecular flexibility index (Phi) is 3.62. The molecule has 0 fully saturated rings. The van der Waals surface area contributed by atoms with Gasteiger partial charge in [0.2, 0.25) is 5.88 Å². The normalized spacial score (nSPS) is 10.8. The summed E-state index contributed by atoms with van der Waals surface area (Å²) in [6, 6.07) is 4.26. The molecule has 0 saturated heterocycles. The molecule has 0 bridgehead atoms. The Morgan fingerprint density at radius 1 is 1.44 bits per heavy atom. The van der Waals surface area contributed by atoms with Crippen LogP contribution in [0.3, 0.4) is 0 Å². The molecule has 2 N–H and O–H groups in total. The molecular weight excluding hydrogens is 220 g/mol. The standard InChI is InChI=1S/C12H16N2OS/c1-2-10-11(14-15-12(10)13)7-3-5-9-6-4-8-16-9/h4,6,8H,2-3,5,7,13H2,1H3. The van der Waals surface area contributed by atoms with Crippen molar-refractivity contribution in [2.75, 3.05) is 5.73 Å². The van der Waals surface area contributed by atoms with E-state index in [9.17, 15) is 0 Å². The minimum Gasteiger partial charge on any atom is -0.367 e. The summed E-state index contributed by atoms with van der Waals surface area (Å²) in [6.07, 6.45) is 4.04. The molecule has 0 spiro atoms. The molecule has 0 unspecified atom stereocenters. The molecule has 2 aromatic rings. The fraction of sp³-hybridized carbons (Fsp3) is 0.417. The van der Waals surface area contributed by atoms with Crippen molar-refractivity contribution in [3.05, 3.63) is 33.6 Å². The first-order valence-corrected chi connectivity index (χ1v) is 6.44. The second-order valence-electron chi connectivity index (χ2n) is 3.76. The first-order valence-electron chi connectivity index (χ1n) is 5.56. The molecule has 0 saturated carbocycles. The fourth-order valence-corrected chi connectivity index (χ4v) is 2.57. The summed E-state index contributed by atoms with van der Waals surface area (Å²) in [6.45, 7) is 2.08. The lowest BCUT2D eigenvalue weighted by atomic mass is 10.1. The van der Waals surface area contributed by atoms with Gasteiger partial charge in [-0.05, 0) is 37.1 Å². The van der Waals surface area contributed by atoms with E-state index in [1.165, 1.54) is 4.88 Å². The van der Waals surface area contributed by atoms with Crippen molar-refractivity contribution < 1.29 is 4.52 Å². The molecule has 2 rings (SSSR count). The molecule has 2 aromatic heterocycles. The van der Waals surface area contributed by atoms with Crippen molar-refractivity contribution in [3.8, 4) is 0 Å². The molecule has 16 heavy (non-hydrogen) atoms. The third-order valence-corrected chi connectivity index (χ3v) is 3.61. The summed E-state index contributed by atoms with van der Waals surface area (Å²) in [4.78, 5) is 1.43. The highest BCUT2D eigenvalue weighted by Gasteiger charge is 2.10. The molecule has 0 aliphatic carbocycles. The molecule has 4 heteroatoms. The molecule has 0 radical (unpaired) electrons. The Bertz CT molecular complexity index is 434. The highest BCUT2D eigenvalue weighted by atomic mass is 32.1. The van der Waals surface area contributed by atoms with Crippen molar-refractivity contribution in [3.63, 3.8) is 0 Å². The van der Waals surface area contributed by atoms with Gasteiger partial charge in [-0.2, -0.15) is 0 Å². The van der Waals surface area contributed by atoms with Gasteiger partial charge in [-0.25, -0.2) is 0 Å². The molecule has 3 nitrogen and oxygen atoms in total. The zero-order chi connectivity index (χ0) is 11.4. The molecule has 0 aliphatic heterocycles. The maximum Gasteiger partial charge on any atom is 0.225 e. The number of aromatic nitrogens is 1. The van der Waals surface area contributed by atoms with Crippen LogP contribution in [-0.4, -0.2) is 5.16 Å². The molecule has 0 aliphatic rings.